The normalized spacial score (nSPS) is 19.3. The van der Waals surface area contributed by atoms with Gasteiger partial charge in [0.2, 0.25) is 5.91 Å². The van der Waals surface area contributed by atoms with Crippen molar-refractivity contribution < 1.29 is 9.18 Å². The predicted molar refractivity (Wildman–Crippen MR) is 105 cm³/mol. The second kappa shape index (κ2) is 8.91. The van der Waals surface area contributed by atoms with Crippen molar-refractivity contribution in [3.8, 4) is 0 Å². The lowest BCUT2D eigenvalue weighted by molar-refractivity contribution is -0.125. The average Bonchev–Trinajstić information content (AvgIpc) is 3.40. The summed E-state index contributed by atoms with van der Waals surface area (Å²) in [4.78, 5) is 15.0. The fraction of sp³-hybridized carbons (Fsp3) is 0.333. The number of aromatic nitrogens is 4. The Balaban J connectivity index is 1.42. The molecule has 1 amide bonds. The van der Waals surface area contributed by atoms with E-state index in [1.165, 1.54) is 17.7 Å². The van der Waals surface area contributed by atoms with E-state index in [9.17, 15) is 9.18 Å². The fourth-order valence-corrected chi connectivity index (χ4v) is 3.77. The minimum Gasteiger partial charge on any atom is -0.354 e. The van der Waals surface area contributed by atoms with Crippen LogP contribution < -0.4 is 5.32 Å². The summed E-state index contributed by atoms with van der Waals surface area (Å²) in [7, 11) is 0. The minimum atomic E-state index is -0.287. The average molecular weight is 394 g/mol. The smallest absolute Gasteiger partial charge is 0.237 e. The third-order valence-electron chi connectivity index (χ3n) is 5.28. The van der Waals surface area contributed by atoms with E-state index in [0.29, 0.717) is 26.1 Å². The Kier molecular flexibility index (Phi) is 5.90. The molecular formula is C21H23FN6O. The van der Waals surface area contributed by atoms with Gasteiger partial charge >= 0.3 is 0 Å². The molecule has 7 nitrogen and oxygen atoms in total. The van der Waals surface area contributed by atoms with Crippen molar-refractivity contribution in [1.29, 1.82) is 0 Å². The van der Waals surface area contributed by atoms with Crippen LogP contribution >= 0.6 is 0 Å². The summed E-state index contributed by atoms with van der Waals surface area (Å²) in [6, 6.07) is 16.2. The van der Waals surface area contributed by atoms with Crippen molar-refractivity contribution >= 4 is 5.91 Å². The van der Waals surface area contributed by atoms with Crippen molar-refractivity contribution in [2.75, 3.05) is 13.1 Å². The maximum atomic E-state index is 13.2. The Morgan fingerprint density at radius 2 is 1.90 bits per heavy atom. The molecule has 1 saturated heterocycles. The van der Waals surface area contributed by atoms with E-state index in [2.05, 4.69) is 37.9 Å². The number of amides is 1. The Labute approximate surface area is 168 Å². The number of carbonyl (C=O) groups excluding carboxylic acids is 1. The maximum Gasteiger partial charge on any atom is 0.237 e. The Hall–Kier alpha value is -3.13. The molecule has 1 fully saturated rings. The number of likely N-dealkylation sites (tertiary alicyclic amines) is 1. The number of hydrogen-bond donors (Lipinski definition) is 1. The van der Waals surface area contributed by atoms with Gasteiger partial charge in [-0.25, -0.2) is 9.07 Å². The van der Waals surface area contributed by atoms with Crippen LogP contribution in [0.2, 0.25) is 0 Å². The molecule has 1 aromatic heterocycles. The molecule has 0 radical (unpaired) electrons. The summed E-state index contributed by atoms with van der Waals surface area (Å²) in [6.07, 6.45) is 2.99. The zero-order valence-electron chi connectivity index (χ0n) is 16.0. The van der Waals surface area contributed by atoms with Crippen LogP contribution in [0, 0.1) is 5.82 Å². The van der Waals surface area contributed by atoms with E-state index in [-0.39, 0.29) is 23.8 Å². The van der Waals surface area contributed by atoms with E-state index in [1.807, 2.05) is 18.2 Å². The molecule has 1 aliphatic heterocycles. The van der Waals surface area contributed by atoms with Gasteiger partial charge in [-0.2, -0.15) is 0 Å². The van der Waals surface area contributed by atoms with Crippen molar-refractivity contribution in [2.24, 2.45) is 0 Å². The molecule has 0 spiro atoms. The number of halogens is 1. The topological polar surface area (TPSA) is 75.9 Å². The summed E-state index contributed by atoms with van der Waals surface area (Å²) in [6.45, 7) is 1.80. The van der Waals surface area contributed by atoms with Gasteiger partial charge in [-0.1, -0.05) is 42.5 Å². The van der Waals surface area contributed by atoms with E-state index in [1.54, 1.807) is 23.1 Å². The predicted octanol–water partition coefficient (Wildman–Crippen LogP) is 1.99. The minimum absolute atomic E-state index is 0.00128. The molecule has 150 valence electrons. The molecule has 2 aromatic carbocycles. The first-order valence-electron chi connectivity index (χ1n) is 9.71. The molecule has 8 heteroatoms. The van der Waals surface area contributed by atoms with Crippen molar-refractivity contribution in [3.05, 3.63) is 77.9 Å². The van der Waals surface area contributed by atoms with Gasteiger partial charge in [-0.15, -0.1) is 5.10 Å². The van der Waals surface area contributed by atoms with Crippen LogP contribution in [0.15, 0.2) is 60.9 Å². The maximum absolute atomic E-state index is 13.2. The first-order chi connectivity index (χ1) is 14.2. The zero-order valence-corrected chi connectivity index (χ0v) is 16.0. The van der Waals surface area contributed by atoms with E-state index < -0.39 is 0 Å². The largest absolute Gasteiger partial charge is 0.354 e. The van der Waals surface area contributed by atoms with Gasteiger partial charge in [-0.05, 0) is 46.5 Å². The molecule has 2 atom stereocenters. The van der Waals surface area contributed by atoms with Crippen LogP contribution in [0.4, 0.5) is 4.39 Å². The first-order valence-corrected chi connectivity index (χ1v) is 9.71. The molecule has 1 N–H and O–H groups in total. The molecule has 0 saturated carbocycles. The molecule has 0 aliphatic carbocycles. The highest BCUT2D eigenvalue weighted by Crippen LogP contribution is 2.28. The highest BCUT2D eigenvalue weighted by molar-refractivity contribution is 5.82. The van der Waals surface area contributed by atoms with Crippen LogP contribution in [-0.4, -0.2) is 50.1 Å². The Morgan fingerprint density at radius 3 is 2.62 bits per heavy atom. The quantitative estimate of drug-likeness (QED) is 0.663. The summed E-state index contributed by atoms with van der Waals surface area (Å²) in [5.41, 5.74) is 2.15. The lowest BCUT2D eigenvalue weighted by Crippen LogP contribution is -2.43. The van der Waals surface area contributed by atoms with Crippen LogP contribution in [-0.2, 0) is 17.8 Å². The van der Waals surface area contributed by atoms with Crippen LogP contribution in [0.3, 0.4) is 0 Å². The molecule has 29 heavy (non-hydrogen) atoms. The van der Waals surface area contributed by atoms with E-state index in [0.717, 1.165) is 12.0 Å². The fourth-order valence-electron chi connectivity index (χ4n) is 3.77. The van der Waals surface area contributed by atoms with Gasteiger partial charge in [0.25, 0.3) is 0 Å². The summed E-state index contributed by atoms with van der Waals surface area (Å²) >= 11 is 0. The summed E-state index contributed by atoms with van der Waals surface area (Å²) in [5.74, 6) is -0.268. The molecule has 0 bridgehead atoms. The zero-order chi connectivity index (χ0) is 20.1. The number of hydrogen-bond acceptors (Lipinski definition) is 5. The number of nitrogens with zero attached hydrogens (tertiary/aromatic N) is 5. The van der Waals surface area contributed by atoms with Gasteiger partial charge < -0.3 is 5.32 Å². The van der Waals surface area contributed by atoms with Gasteiger partial charge in [0.15, 0.2) is 0 Å². The number of benzene rings is 2. The lowest BCUT2D eigenvalue weighted by atomic mass is 10.1. The van der Waals surface area contributed by atoms with Gasteiger partial charge in [0.1, 0.15) is 12.1 Å². The highest BCUT2D eigenvalue weighted by atomic mass is 19.1. The van der Waals surface area contributed by atoms with Gasteiger partial charge in [0, 0.05) is 19.6 Å². The third-order valence-corrected chi connectivity index (χ3v) is 5.28. The number of nitrogens with one attached hydrogen (secondary N) is 1. The molecule has 3 aromatic rings. The van der Waals surface area contributed by atoms with Crippen molar-refractivity contribution in [3.63, 3.8) is 0 Å². The van der Waals surface area contributed by atoms with Crippen LogP contribution in [0.1, 0.15) is 23.6 Å². The second-order valence-electron chi connectivity index (χ2n) is 7.28. The molecule has 4 rings (SSSR count). The second-order valence-corrected chi connectivity index (χ2v) is 7.28. The Morgan fingerprint density at radius 1 is 1.10 bits per heavy atom. The Bertz CT molecular complexity index is 916. The highest BCUT2D eigenvalue weighted by Gasteiger charge is 2.38. The molecule has 2 heterocycles. The lowest BCUT2D eigenvalue weighted by Gasteiger charge is -2.23. The number of rotatable bonds is 7. The first kappa shape index (κ1) is 19.2. The van der Waals surface area contributed by atoms with Crippen molar-refractivity contribution in [1.82, 2.24) is 30.4 Å². The summed E-state index contributed by atoms with van der Waals surface area (Å²) < 4.78 is 14.9. The standard InChI is InChI=1S/C21H23FN6O/c22-18-8-6-17(7-9-18)13-27-14-19(28-15-24-25-26-28)12-20(27)21(29)23-11-10-16-4-2-1-3-5-16/h1-9,15,19-20H,10-14H2,(H,23,29)/t19-,20+/m1/s1. The summed E-state index contributed by atoms with van der Waals surface area (Å²) in [5, 5.41) is 14.5. The van der Waals surface area contributed by atoms with Gasteiger partial charge in [0.05, 0.1) is 12.1 Å². The molecule has 1 aliphatic rings. The van der Waals surface area contributed by atoms with E-state index in [4.69, 9.17) is 0 Å². The van der Waals surface area contributed by atoms with Crippen LogP contribution in [0.25, 0.3) is 0 Å². The molecule has 0 unspecified atom stereocenters. The van der Waals surface area contributed by atoms with E-state index >= 15 is 0 Å². The SMILES string of the molecule is O=C(NCCc1ccccc1)[C@@H]1C[C@@H](n2cnnn2)CN1Cc1ccc(F)cc1. The van der Waals surface area contributed by atoms with Crippen molar-refractivity contribution in [2.45, 2.75) is 31.5 Å². The molecular weight excluding hydrogens is 371 g/mol. The number of carbonyl (C=O) groups is 1. The van der Waals surface area contributed by atoms with Gasteiger partial charge in [-0.3, -0.25) is 9.69 Å². The number of tetrazole rings is 1. The van der Waals surface area contributed by atoms with Crippen LogP contribution in [0.5, 0.6) is 0 Å². The monoisotopic (exact) mass is 394 g/mol. The third kappa shape index (κ3) is 4.83.